The second kappa shape index (κ2) is 6.51. The van der Waals surface area contributed by atoms with E-state index in [9.17, 15) is 9.59 Å². The van der Waals surface area contributed by atoms with Crippen LogP contribution in [0.3, 0.4) is 0 Å². The fourth-order valence-corrected chi connectivity index (χ4v) is 3.28. The van der Waals surface area contributed by atoms with E-state index in [0.29, 0.717) is 23.7 Å². The number of rotatable bonds is 4. The summed E-state index contributed by atoms with van der Waals surface area (Å²) >= 11 is 0. The minimum atomic E-state index is -0.425. The van der Waals surface area contributed by atoms with E-state index in [4.69, 9.17) is 4.74 Å². The minimum absolute atomic E-state index is 0.0885. The number of para-hydroxylation sites is 3. The van der Waals surface area contributed by atoms with Crippen LogP contribution in [-0.4, -0.2) is 35.7 Å². The van der Waals surface area contributed by atoms with Crippen LogP contribution in [0, 0.1) is 5.92 Å². The standard InChI is InChI=1S/C19H18N4O3/c1-26-16-8-3-2-7-15(16)23-11-13(9-17(23)24)19(25)21-14-6-4-5-12-10-20-22-18(12)14/h2-8,10,13H,9,11H2,1H3,(H,20,22)(H,21,25)/t13-/m0/s1. The van der Waals surface area contributed by atoms with Gasteiger partial charge in [0.05, 0.1) is 36.1 Å². The molecule has 26 heavy (non-hydrogen) atoms. The van der Waals surface area contributed by atoms with E-state index in [1.807, 2.05) is 36.4 Å². The molecule has 1 saturated heterocycles. The zero-order chi connectivity index (χ0) is 18.1. The number of hydrogen-bond donors (Lipinski definition) is 2. The Kier molecular flexibility index (Phi) is 4.04. The highest BCUT2D eigenvalue weighted by Crippen LogP contribution is 2.33. The molecule has 7 nitrogen and oxygen atoms in total. The van der Waals surface area contributed by atoms with Crippen molar-refractivity contribution in [2.24, 2.45) is 5.92 Å². The molecule has 1 aliphatic rings. The van der Waals surface area contributed by atoms with Gasteiger partial charge in [-0.3, -0.25) is 14.7 Å². The number of nitrogens with zero attached hydrogens (tertiary/aromatic N) is 2. The van der Waals surface area contributed by atoms with Gasteiger partial charge in [0.25, 0.3) is 0 Å². The summed E-state index contributed by atoms with van der Waals surface area (Å²) in [5.74, 6) is -0.0815. The molecule has 2 heterocycles. The molecule has 1 fully saturated rings. The minimum Gasteiger partial charge on any atom is -0.495 e. The molecule has 1 aliphatic heterocycles. The molecule has 4 rings (SSSR count). The van der Waals surface area contributed by atoms with Gasteiger partial charge in [0, 0.05) is 18.4 Å². The quantitative estimate of drug-likeness (QED) is 0.757. The van der Waals surface area contributed by atoms with Gasteiger partial charge in [0.15, 0.2) is 0 Å². The normalized spacial score (nSPS) is 16.9. The number of H-pyrrole nitrogens is 1. The van der Waals surface area contributed by atoms with E-state index >= 15 is 0 Å². The van der Waals surface area contributed by atoms with Crippen molar-refractivity contribution in [2.75, 3.05) is 23.9 Å². The number of methoxy groups -OCH3 is 1. The largest absolute Gasteiger partial charge is 0.495 e. The summed E-state index contributed by atoms with van der Waals surface area (Å²) in [6.07, 6.45) is 1.87. The highest BCUT2D eigenvalue weighted by molar-refractivity contribution is 6.06. The molecular formula is C19H18N4O3. The van der Waals surface area contributed by atoms with Gasteiger partial charge in [-0.05, 0) is 18.2 Å². The van der Waals surface area contributed by atoms with Crippen LogP contribution < -0.4 is 15.0 Å². The van der Waals surface area contributed by atoms with Crippen LogP contribution in [0.1, 0.15) is 6.42 Å². The van der Waals surface area contributed by atoms with Crippen molar-refractivity contribution in [1.82, 2.24) is 10.2 Å². The molecule has 0 bridgehead atoms. The first kappa shape index (κ1) is 16.1. The van der Waals surface area contributed by atoms with E-state index in [2.05, 4.69) is 15.5 Å². The van der Waals surface area contributed by atoms with E-state index in [0.717, 1.165) is 10.9 Å². The molecule has 132 valence electrons. The maximum atomic E-state index is 12.7. The highest BCUT2D eigenvalue weighted by atomic mass is 16.5. The lowest BCUT2D eigenvalue weighted by molar-refractivity contribution is -0.122. The summed E-state index contributed by atoms with van der Waals surface area (Å²) in [4.78, 5) is 26.8. The molecule has 0 unspecified atom stereocenters. The van der Waals surface area contributed by atoms with Crippen molar-refractivity contribution < 1.29 is 14.3 Å². The fourth-order valence-electron chi connectivity index (χ4n) is 3.28. The van der Waals surface area contributed by atoms with Crippen molar-refractivity contribution in [3.05, 3.63) is 48.7 Å². The van der Waals surface area contributed by atoms with Gasteiger partial charge in [-0.1, -0.05) is 24.3 Å². The number of carbonyl (C=O) groups is 2. The van der Waals surface area contributed by atoms with E-state index in [-0.39, 0.29) is 18.2 Å². The number of amides is 2. The summed E-state index contributed by atoms with van der Waals surface area (Å²) in [7, 11) is 1.56. The average Bonchev–Trinajstić information content (AvgIpc) is 3.29. The zero-order valence-electron chi connectivity index (χ0n) is 14.2. The van der Waals surface area contributed by atoms with Crippen molar-refractivity contribution in [3.8, 4) is 5.75 Å². The summed E-state index contributed by atoms with van der Waals surface area (Å²) in [5, 5.41) is 10.7. The lowest BCUT2D eigenvalue weighted by Gasteiger charge is -2.19. The van der Waals surface area contributed by atoms with Crippen LogP contribution in [0.4, 0.5) is 11.4 Å². The van der Waals surface area contributed by atoms with Gasteiger partial charge < -0.3 is 15.0 Å². The number of nitrogens with one attached hydrogen (secondary N) is 2. The van der Waals surface area contributed by atoms with Gasteiger partial charge in [-0.2, -0.15) is 5.10 Å². The van der Waals surface area contributed by atoms with Crippen molar-refractivity contribution in [1.29, 1.82) is 0 Å². The summed E-state index contributed by atoms with van der Waals surface area (Å²) in [6.45, 7) is 0.323. The number of anilines is 2. The molecule has 1 aromatic heterocycles. The van der Waals surface area contributed by atoms with Gasteiger partial charge in [-0.25, -0.2) is 0 Å². The summed E-state index contributed by atoms with van der Waals surface area (Å²) < 4.78 is 5.33. The number of benzene rings is 2. The van der Waals surface area contributed by atoms with E-state index < -0.39 is 5.92 Å². The Bertz CT molecular complexity index is 982. The van der Waals surface area contributed by atoms with E-state index in [1.54, 1.807) is 24.3 Å². The summed E-state index contributed by atoms with van der Waals surface area (Å²) in [6, 6.07) is 12.9. The Labute approximate surface area is 149 Å². The smallest absolute Gasteiger partial charge is 0.229 e. The van der Waals surface area contributed by atoms with Crippen molar-refractivity contribution in [2.45, 2.75) is 6.42 Å². The second-order valence-corrected chi connectivity index (χ2v) is 6.21. The predicted molar refractivity (Wildman–Crippen MR) is 98.2 cm³/mol. The number of aromatic nitrogens is 2. The topological polar surface area (TPSA) is 87.3 Å². The third kappa shape index (κ3) is 2.77. The van der Waals surface area contributed by atoms with Crippen LogP contribution in [0.15, 0.2) is 48.7 Å². The molecule has 0 saturated carbocycles. The monoisotopic (exact) mass is 350 g/mol. The van der Waals surface area contributed by atoms with Crippen molar-refractivity contribution in [3.63, 3.8) is 0 Å². The number of aromatic amines is 1. The summed E-state index contributed by atoms with van der Waals surface area (Å²) in [5.41, 5.74) is 2.12. The van der Waals surface area contributed by atoms with Crippen LogP contribution in [0.25, 0.3) is 10.9 Å². The molecule has 7 heteroatoms. The maximum Gasteiger partial charge on any atom is 0.229 e. The molecule has 3 aromatic rings. The lowest BCUT2D eigenvalue weighted by atomic mass is 10.1. The number of fused-ring (bicyclic) bond motifs is 1. The number of hydrogen-bond acceptors (Lipinski definition) is 4. The average molecular weight is 350 g/mol. The van der Waals surface area contributed by atoms with Gasteiger partial charge in [0.1, 0.15) is 5.75 Å². The number of carbonyl (C=O) groups excluding carboxylic acids is 2. The van der Waals surface area contributed by atoms with Crippen LogP contribution in [0.5, 0.6) is 5.75 Å². The first-order valence-electron chi connectivity index (χ1n) is 8.33. The zero-order valence-corrected chi connectivity index (χ0v) is 14.2. The lowest BCUT2D eigenvalue weighted by Crippen LogP contribution is -2.28. The Hall–Kier alpha value is -3.35. The molecule has 0 spiro atoms. The molecule has 0 aliphatic carbocycles. The van der Waals surface area contributed by atoms with Crippen LogP contribution in [0.2, 0.25) is 0 Å². The molecular weight excluding hydrogens is 332 g/mol. The number of ether oxygens (including phenoxy) is 1. The maximum absolute atomic E-state index is 12.7. The molecule has 0 radical (unpaired) electrons. The SMILES string of the molecule is COc1ccccc1N1C[C@@H](C(=O)Nc2cccc3cn[nH]c23)CC1=O. The van der Waals surface area contributed by atoms with Crippen LogP contribution >= 0.6 is 0 Å². The Morgan fingerprint density at radius 3 is 2.96 bits per heavy atom. The van der Waals surface area contributed by atoms with Gasteiger partial charge in [0.2, 0.25) is 11.8 Å². The van der Waals surface area contributed by atoms with Gasteiger partial charge in [-0.15, -0.1) is 0 Å². The Balaban J connectivity index is 1.53. The predicted octanol–water partition coefficient (Wildman–Crippen LogP) is 2.56. The molecule has 2 amide bonds. The van der Waals surface area contributed by atoms with Crippen LogP contribution in [-0.2, 0) is 9.59 Å². The molecule has 2 aromatic carbocycles. The van der Waals surface area contributed by atoms with Gasteiger partial charge >= 0.3 is 0 Å². The molecule has 1 atom stereocenters. The molecule has 2 N–H and O–H groups in total. The Morgan fingerprint density at radius 2 is 2.12 bits per heavy atom. The fraction of sp³-hybridized carbons (Fsp3) is 0.211. The third-order valence-electron chi connectivity index (χ3n) is 4.61. The van der Waals surface area contributed by atoms with Crippen molar-refractivity contribution >= 4 is 34.1 Å². The Morgan fingerprint density at radius 1 is 1.27 bits per heavy atom. The second-order valence-electron chi connectivity index (χ2n) is 6.21. The highest BCUT2D eigenvalue weighted by Gasteiger charge is 2.36. The third-order valence-corrected chi connectivity index (χ3v) is 4.61. The first-order valence-corrected chi connectivity index (χ1v) is 8.33. The first-order chi connectivity index (χ1) is 12.7. The van der Waals surface area contributed by atoms with E-state index in [1.165, 1.54) is 0 Å².